The molecular weight excluding hydrogens is 781 g/mol. The van der Waals surface area contributed by atoms with Crippen molar-refractivity contribution in [3.8, 4) is 5.75 Å². The molecule has 0 amide bonds. The predicted molar refractivity (Wildman–Crippen MR) is 282 cm³/mol. The summed E-state index contributed by atoms with van der Waals surface area (Å²) in [6, 6.07) is 21.6. The molecule has 0 fully saturated rings. The summed E-state index contributed by atoms with van der Waals surface area (Å²) < 4.78 is 5.93. The molecule has 1 aliphatic rings. The van der Waals surface area contributed by atoms with E-state index in [1.165, 1.54) is 133 Å². The highest BCUT2D eigenvalue weighted by Crippen LogP contribution is 2.28. The van der Waals surface area contributed by atoms with Crippen molar-refractivity contribution in [3.05, 3.63) is 131 Å². The molecule has 3 N–H and O–H groups in total. The van der Waals surface area contributed by atoms with Crippen molar-refractivity contribution in [2.24, 2.45) is 5.73 Å². The van der Waals surface area contributed by atoms with Crippen molar-refractivity contribution < 1.29 is 4.74 Å². The topological polar surface area (TPSA) is 51.0 Å². The van der Waals surface area contributed by atoms with E-state index in [1.54, 1.807) is 0 Å². The number of allylic oxidation sites excluding steroid dienone is 6. The first-order valence-electron chi connectivity index (χ1n) is 24.0. The number of ether oxygens (including phenoxy) is 1. The standard InChI is InChI=1S/C20H32O.C18H28N2.C14H14S2.2C2H6/c1-5-8-9-10-11-15-21-19-14-13-17(4)20(16-19)18(7-3)12-6-2;1-2-8-16-14-20-18-11-10-15(13-17(16)18)9-6-4-3-5-7-12-19;15-13-4-2-1-3-11(5-8-13)12-6-9-14(16)10-7-12;2*1-2/h7,13-14,16H,5-6,8-12,15H2,1-4H3;10-11,13-14,20H,2-9,12,19H2,1H3;2-10,13,15-16H,1H2;2*1-2H3/b18-7-;;4-2?,8-5-,11-3+;;. The third-order valence-corrected chi connectivity index (χ3v) is 11.1. The van der Waals surface area contributed by atoms with Gasteiger partial charge in [-0.2, -0.15) is 12.6 Å². The molecule has 0 spiro atoms. The number of nitrogens with one attached hydrogen (secondary N) is 1. The number of aryl methyl sites for hydroxylation is 3. The molecule has 1 aliphatic carbocycles. The van der Waals surface area contributed by atoms with Gasteiger partial charge in [0, 0.05) is 27.2 Å². The lowest BCUT2D eigenvalue weighted by atomic mass is 9.97. The number of H-pyrrole nitrogens is 1. The number of fused-ring (bicyclic) bond motifs is 1. The van der Waals surface area contributed by atoms with E-state index in [2.05, 4.69) is 156 Å². The Labute approximate surface area is 386 Å². The van der Waals surface area contributed by atoms with Gasteiger partial charge in [-0.1, -0.05) is 167 Å². The van der Waals surface area contributed by atoms with Gasteiger partial charge in [0.2, 0.25) is 0 Å². The highest BCUT2D eigenvalue weighted by Gasteiger charge is 2.07. The van der Waals surface area contributed by atoms with Gasteiger partial charge in [-0.05, 0) is 141 Å². The fourth-order valence-corrected chi connectivity index (χ4v) is 7.47. The first kappa shape index (κ1) is 55.6. The first-order valence-corrected chi connectivity index (χ1v) is 25.0. The summed E-state index contributed by atoms with van der Waals surface area (Å²) >= 11 is 8.72. The maximum absolute atomic E-state index is 5.93. The number of aromatic amines is 1. The number of hydrogen-bond acceptors (Lipinski definition) is 4. The van der Waals surface area contributed by atoms with Gasteiger partial charge in [0.15, 0.2) is 0 Å². The molecule has 0 saturated carbocycles. The average Bonchev–Trinajstić information content (AvgIpc) is 3.68. The number of unbranched alkanes of at least 4 members (excludes halogenated alkanes) is 8. The van der Waals surface area contributed by atoms with Crippen molar-refractivity contribution in [2.75, 3.05) is 13.2 Å². The summed E-state index contributed by atoms with van der Waals surface area (Å²) in [5.41, 5.74) is 16.3. The molecule has 0 aliphatic heterocycles. The van der Waals surface area contributed by atoms with Crippen LogP contribution >= 0.6 is 25.3 Å². The smallest absolute Gasteiger partial charge is 0.119 e. The van der Waals surface area contributed by atoms with Crippen LogP contribution in [0.1, 0.15) is 173 Å². The van der Waals surface area contributed by atoms with Gasteiger partial charge >= 0.3 is 0 Å². The SMILES string of the molecule is C/C=C(/CCC)c1cc(OCCCCCCC)ccc1C.CC.CC.CCCc1c[nH]c2ccc(CCCCCCCN)cc12.Sc1ccc(C2=C/CC=CC(S)/C=C\2)cc1. The van der Waals surface area contributed by atoms with E-state index in [4.69, 9.17) is 10.5 Å². The van der Waals surface area contributed by atoms with E-state index >= 15 is 0 Å². The van der Waals surface area contributed by atoms with Gasteiger partial charge in [0.25, 0.3) is 0 Å². The second-order valence-corrected chi connectivity index (χ2v) is 16.4. The second kappa shape index (κ2) is 36.1. The number of thiol groups is 2. The number of nitrogens with two attached hydrogens (primary N) is 1. The number of hydrogen-bond donors (Lipinski definition) is 4. The molecule has 4 aromatic rings. The molecule has 1 unspecified atom stereocenters. The summed E-state index contributed by atoms with van der Waals surface area (Å²) in [4.78, 5) is 4.37. The van der Waals surface area contributed by atoms with Crippen molar-refractivity contribution >= 4 is 47.3 Å². The summed E-state index contributed by atoms with van der Waals surface area (Å²) in [5.74, 6) is 1.02. The Morgan fingerprint density at radius 3 is 2.18 bits per heavy atom. The van der Waals surface area contributed by atoms with Crippen LogP contribution in [-0.2, 0) is 12.8 Å². The van der Waals surface area contributed by atoms with E-state index in [9.17, 15) is 0 Å². The number of aromatic nitrogens is 1. The van der Waals surface area contributed by atoms with Crippen LogP contribution in [0, 0.1) is 6.92 Å². The maximum Gasteiger partial charge on any atom is 0.119 e. The Hall–Kier alpha value is -3.38. The summed E-state index contributed by atoms with van der Waals surface area (Å²) in [6.45, 7) is 20.7. The van der Waals surface area contributed by atoms with Gasteiger partial charge in [0.1, 0.15) is 5.75 Å². The fourth-order valence-electron chi connectivity index (χ4n) is 7.11. The lowest BCUT2D eigenvalue weighted by Gasteiger charge is -2.13. The van der Waals surface area contributed by atoms with Gasteiger partial charge in [-0.25, -0.2) is 0 Å². The normalized spacial score (nSPS) is 14.6. The molecule has 0 bridgehead atoms. The zero-order valence-electron chi connectivity index (χ0n) is 40.0. The number of benzene rings is 3. The van der Waals surface area contributed by atoms with E-state index in [0.717, 1.165) is 43.1 Å². The largest absolute Gasteiger partial charge is 0.494 e. The molecule has 1 aromatic heterocycles. The summed E-state index contributed by atoms with van der Waals surface area (Å²) in [7, 11) is 0. The van der Waals surface area contributed by atoms with E-state index in [-0.39, 0.29) is 5.25 Å². The van der Waals surface area contributed by atoms with Crippen molar-refractivity contribution in [3.63, 3.8) is 0 Å². The minimum atomic E-state index is 0.216. The number of rotatable bonds is 20. The van der Waals surface area contributed by atoms with E-state index in [1.807, 2.05) is 39.8 Å². The van der Waals surface area contributed by atoms with Crippen molar-refractivity contribution in [1.29, 1.82) is 0 Å². The molecule has 5 heteroatoms. The molecule has 0 radical (unpaired) electrons. The lowest BCUT2D eigenvalue weighted by Crippen LogP contribution is -1.99. The Morgan fingerprint density at radius 2 is 1.49 bits per heavy atom. The highest BCUT2D eigenvalue weighted by molar-refractivity contribution is 7.81. The summed E-state index contributed by atoms with van der Waals surface area (Å²) in [6.07, 6.45) is 34.8. The third kappa shape index (κ3) is 23.0. The molecule has 1 atom stereocenters. The molecule has 0 saturated heterocycles. The Bertz CT molecular complexity index is 1810. The van der Waals surface area contributed by atoms with Crippen LogP contribution in [0.25, 0.3) is 22.0 Å². The van der Waals surface area contributed by atoms with Crippen LogP contribution in [0.2, 0.25) is 0 Å². The molecule has 5 rings (SSSR count). The molecule has 338 valence electrons. The van der Waals surface area contributed by atoms with Crippen LogP contribution in [0.5, 0.6) is 5.75 Å². The minimum absolute atomic E-state index is 0.216. The van der Waals surface area contributed by atoms with Gasteiger partial charge in [-0.3, -0.25) is 0 Å². The molecule has 3 nitrogen and oxygen atoms in total. The van der Waals surface area contributed by atoms with Crippen molar-refractivity contribution in [1.82, 2.24) is 4.98 Å². The molecule has 3 aromatic carbocycles. The zero-order chi connectivity index (χ0) is 45.1. The first-order chi connectivity index (χ1) is 29.8. The van der Waals surface area contributed by atoms with Crippen molar-refractivity contribution in [2.45, 2.75) is 175 Å². The lowest BCUT2D eigenvalue weighted by molar-refractivity contribution is 0.304. The maximum atomic E-state index is 5.93. The average molecular weight is 867 g/mol. The molecule has 61 heavy (non-hydrogen) atoms. The van der Waals surface area contributed by atoms with Gasteiger partial charge < -0.3 is 15.5 Å². The monoisotopic (exact) mass is 867 g/mol. The third-order valence-electron chi connectivity index (χ3n) is 10.4. The van der Waals surface area contributed by atoms with Gasteiger partial charge in [0.05, 0.1) is 6.61 Å². The predicted octanol–water partition coefficient (Wildman–Crippen LogP) is 17.3. The van der Waals surface area contributed by atoms with Crippen LogP contribution in [0.3, 0.4) is 0 Å². The summed E-state index contributed by atoms with van der Waals surface area (Å²) in [5, 5.41) is 1.64. The van der Waals surface area contributed by atoms with Crippen LogP contribution in [0.15, 0.2) is 108 Å². The second-order valence-electron chi connectivity index (χ2n) is 15.3. The minimum Gasteiger partial charge on any atom is -0.494 e. The van der Waals surface area contributed by atoms with Crippen LogP contribution < -0.4 is 10.5 Å². The van der Waals surface area contributed by atoms with E-state index < -0.39 is 0 Å². The molecular formula is C56H86N2OS2. The Balaban J connectivity index is 0.000000442. The highest BCUT2D eigenvalue weighted by atomic mass is 32.1. The zero-order valence-corrected chi connectivity index (χ0v) is 41.8. The van der Waals surface area contributed by atoms with Crippen LogP contribution in [-0.4, -0.2) is 23.4 Å². The van der Waals surface area contributed by atoms with Gasteiger partial charge in [-0.15, -0.1) is 12.6 Å². The molecule has 1 heterocycles. The quantitative estimate of drug-likeness (QED) is 0.0406. The Morgan fingerprint density at radius 1 is 0.787 bits per heavy atom. The van der Waals surface area contributed by atoms with Crippen LogP contribution in [0.4, 0.5) is 0 Å². The Kier molecular flexibility index (Phi) is 33.0. The van der Waals surface area contributed by atoms with E-state index in [0.29, 0.717) is 0 Å². The fraction of sp³-hybridized carbons (Fsp3) is 0.500.